The number of nitrogens with zero attached hydrogens (tertiary/aromatic N) is 3. The second-order valence-electron chi connectivity index (χ2n) is 6.24. The van der Waals surface area contributed by atoms with Gasteiger partial charge in [-0.15, -0.1) is 0 Å². The first-order valence-electron chi connectivity index (χ1n) is 8.76. The molecule has 1 fully saturated rings. The van der Waals surface area contributed by atoms with Gasteiger partial charge in [-0.25, -0.2) is 10.2 Å². The van der Waals surface area contributed by atoms with Gasteiger partial charge in [0.25, 0.3) is 5.91 Å². The Kier molecular flexibility index (Phi) is 5.90. The number of carbonyl (C=O) groups is 3. The van der Waals surface area contributed by atoms with Crippen molar-refractivity contribution in [3.63, 3.8) is 0 Å². The Labute approximate surface area is 156 Å². The van der Waals surface area contributed by atoms with Gasteiger partial charge in [0.15, 0.2) is 6.61 Å². The molecule has 0 saturated carbocycles. The van der Waals surface area contributed by atoms with E-state index in [1.54, 1.807) is 12.0 Å². The van der Waals surface area contributed by atoms with Crippen LogP contribution in [-0.2, 0) is 19.1 Å². The lowest BCUT2D eigenvalue weighted by Crippen LogP contribution is -2.50. The molecule has 1 N–H and O–H groups in total. The summed E-state index contributed by atoms with van der Waals surface area (Å²) < 4.78 is 10.2. The minimum atomic E-state index is -0.666. The number of nitrogens with one attached hydrogen (secondary N) is 1. The third-order valence-electron chi connectivity index (χ3n) is 4.54. The lowest BCUT2D eigenvalue weighted by molar-refractivity contribution is -0.147. The number of ether oxygens (including phenoxy) is 2. The van der Waals surface area contributed by atoms with Crippen molar-refractivity contribution < 1.29 is 23.9 Å². The Hall–Kier alpha value is -3.10. The van der Waals surface area contributed by atoms with Crippen molar-refractivity contribution in [3.8, 4) is 5.75 Å². The molecule has 9 heteroatoms. The zero-order chi connectivity index (χ0) is 19.2. The van der Waals surface area contributed by atoms with Crippen LogP contribution >= 0.6 is 0 Å². The lowest BCUT2D eigenvalue weighted by Gasteiger charge is -2.36. The van der Waals surface area contributed by atoms with Crippen LogP contribution in [0.15, 0.2) is 29.4 Å². The highest BCUT2D eigenvalue weighted by atomic mass is 16.5. The summed E-state index contributed by atoms with van der Waals surface area (Å²) in [6.07, 6.45) is 0.411. The van der Waals surface area contributed by atoms with Gasteiger partial charge in [0, 0.05) is 44.7 Å². The molecular weight excluding hydrogens is 352 g/mol. The number of hydrogen-bond acceptors (Lipinski definition) is 7. The summed E-state index contributed by atoms with van der Waals surface area (Å²) in [5.74, 6) is -0.340. The topological polar surface area (TPSA) is 101 Å². The SMILES string of the molecule is COc1ccc(N2CCN(C(=O)COC(=O)C3=NNC(=O)CC3)CC2)cc1. The molecule has 0 unspecified atom stereocenters. The number of rotatable bonds is 5. The molecule has 1 aromatic rings. The maximum atomic E-state index is 12.3. The van der Waals surface area contributed by atoms with Gasteiger partial charge in [-0.3, -0.25) is 9.59 Å². The second-order valence-corrected chi connectivity index (χ2v) is 6.24. The molecule has 0 bridgehead atoms. The van der Waals surface area contributed by atoms with Crippen molar-refractivity contribution in [2.45, 2.75) is 12.8 Å². The minimum absolute atomic E-state index is 0.131. The molecule has 0 radical (unpaired) electrons. The molecular formula is C18H22N4O5. The van der Waals surface area contributed by atoms with Crippen molar-refractivity contribution in [2.24, 2.45) is 5.10 Å². The van der Waals surface area contributed by atoms with Crippen LogP contribution in [0.3, 0.4) is 0 Å². The van der Waals surface area contributed by atoms with Crippen LogP contribution in [0.25, 0.3) is 0 Å². The van der Waals surface area contributed by atoms with Gasteiger partial charge < -0.3 is 19.3 Å². The molecule has 144 valence electrons. The third-order valence-corrected chi connectivity index (χ3v) is 4.54. The average molecular weight is 374 g/mol. The molecule has 1 aromatic carbocycles. The maximum Gasteiger partial charge on any atom is 0.355 e. The Bertz CT molecular complexity index is 739. The predicted octanol–water partition coefficient (Wildman–Crippen LogP) is 0.153. The number of hydrazone groups is 1. The van der Waals surface area contributed by atoms with Crippen molar-refractivity contribution in [2.75, 3.05) is 44.8 Å². The van der Waals surface area contributed by atoms with Gasteiger partial charge in [0.1, 0.15) is 11.5 Å². The van der Waals surface area contributed by atoms with Gasteiger partial charge in [0.2, 0.25) is 5.91 Å². The van der Waals surface area contributed by atoms with E-state index in [2.05, 4.69) is 15.4 Å². The fourth-order valence-electron chi connectivity index (χ4n) is 2.93. The Balaban J connectivity index is 1.44. The van der Waals surface area contributed by atoms with E-state index < -0.39 is 5.97 Å². The summed E-state index contributed by atoms with van der Waals surface area (Å²) in [5, 5.41) is 3.66. The molecule has 2 aliphatic heterocycles. The largest absolute Gasteiger partial charge is 0.497 e. The molecule has 9 nitrogen and oxygen atoms in total. The fourth-order valence-corrected chi connectivity index (χ4v) is 2.93. The highest BCUT2D eigenvalue weighted by Gasteiger charge is 2.24. The number of anilines is 1. The van der Waals surface area contributed by atoms with E-state index in [9.17, 15) is 14.4 Å². The van der Waals surface area contributed by atoms with Crippen LogP contribution in [-0.4, -0.2) is 68.3 Å². The third kappa shape index (κ3) is 4.75. The van der Waals surface area contributed by atoms with E-state index in [1.165, 1.54) is 0 Å². The highest BCUT2D eigenvalue weighted by Crippen LogP contribution is 2.20. The summed E-state index contributed by atoms with van der Waals surface area (Å²) in [4.78, 5) is 39.0. The first-order chi connectivity index (χ1) is 13.1. The molecule has 27 heavy (non-hydrogen) atoms. The number of hydrogen-bond donors (Lipinski definition) is 1. The first kappa shape index (κ1) is 18.7. The van der Waals surface area contributed by atoms with Crippen molar-refractivity contribution in [1.82, 2.24) is 10.3 Å². The van der Waals surface area contributed by atoms with Crippen LogP contribution in [0.2, 0.25) is 0 Å². The second kappa shape index (κ2) is 8.52. The van der Waals surface area contributed by atoms with Crippen molar-refractivity contribution in [3.05, 3.63) is 24.3 Å². The molecule has 2 amide bonds. The van der Waals surface area contributed by atoms with Gasteiger partial charge in [0.05, 0.1) is 7.11 Å². The normalized spacial score (nSPS) is 17.1. The molecule has 0 aliphatic carbocycles. The van der Waals surface area contributed by atoms with Gasteiger partial charge >= 0.3 is 5.97 Å². The number of methoxy groups -OCH3 is 1. The molecule has 2 heterocycles. The Morgan fingerprint density at radius 3 is 2.41 bits per heavy atom. The summed E-state index contributed by atoms with van der Waals surface area (Å²) in [6.45, 7) is 2.18. The van der Waals surface area contributed by atoms with E-state index in [0.29, 0.717) is 26.2 Å². The maximum absolute atomic E-state index is 12.3. The number of benzene rings is 1. The van der Waals surface area contributed by atoms with Crippen LogP contribution in [0.4, 0.5) is 5.69 Å². The van der Waals surface area contributed by atoms with E-state index in [-0.39, 0.29) is 37.0 Å². The molecule has 2 aliphatic rings. The summed E-state index contributed by atoms with van der Waals surface area (Å²) in [7, 11) is 1.63. The standard InChI is InChI=1S/C18H22N4O5/c1-26-14-4-2-13(3-5-14)21-8-10-22(11-9-21)17(24)12-27-18(25)15-6-7-16(23)20-19-15/h2-5H,6-12H2,1H3,(H,20,23). The fraction of sp³-hybridized carbons (Fsp3) is 0.444. The minimum Gasteiger partial charge on any atom is -0.497 e. The monoisotopic (exact) mass is 374 g/mol. The van der Waals surface area contributed by atoms with Crippen LogP contribution < -0.4 is 15.1 Å². The number of carbonyl (C=O) groups excluding carboxylic acids is 3. The highest BCUT2D eigenvalue weighted by molar-refractivity contribution is 6.37. The number of amides is 2. The van der Waals surface area contributed by atoms with Crippen LogP contribution in [0, 0.1) is 0 Å². The summed E-state index contributed by atoms with van der Waals surface area (Å²) in [6, 6.07) is 7.79. The number of piperazine rings is 1. The van der Waals surface area contributed by atoms with Gasteiger partial charge in [-0.1, -0.05) is 0 Å². The average Bonchev–Trinajstić information content (AvgIpc) is 2.72. The van der Waals surface area contributed by atoms with Crippen molar-refractivity contribution in [1.29, 1.82) is 0 Å². The van der Waals surface area contributed by atoms with E-state index >= 15 is 0 Å². The smallest absolute Gasteiger partial charge is 0.355 e. The van der Waals surface area contributed by atoms with E-state index in [4.69, 9.17) is 9.47 Å². The van der Waals surface area contributed by atoms with Gasteiger partial charge in [-0.2, -0.15) is 5.10 Å². The molecule has 0 atom stereocenters. The quantitative estimate of drug-likeness (QED) is 0.737. The predicted molar refractivity (Wildman–Crippen MR) is 97.6 cm³/mol. The van der Waals surface area contributed by atoms with Crippen LogP contribution in [0.5, 0.6) is 5.75 Å². The molecule has 0 aromatic heterocycles. The zero-order valence-corrected chi connectivity index (χ0v) is 15.1. The number of esters is 1. The van der Waals surface area contributed by atoms with Crippen molar-refractivity contribution >= 4 is 29.2 Å². The van der Waals surface area contributed by atoms with Crippen LogP contribution in [0.1, 0.15) is 12.8 Å². The summed E-state index contributed by atoms with van der Waals surface area (Å²) in [5.41, 5.74) is 3.44. The Morgan fingerprint density at radius 2 is 1.81 bits per heavy atom. The lowest BCUT2D eigenvalue weighted by atomic mass is 10.2. The zero-order valence-electron chi connectivity index (χ0n) is 15.1. The van der Waals surface area contributed by atoms with Gasteiger partial charge in [-0.05, 0) is 24.3 Å². The molecule has 3 rings (SSSR count). The summed E-state index contributed by atoms with van der Waals surface area (Å²) >= 11 is 0. The van der Waals surface area contributed by atoms with E-state index in [0.717, 1.165) is 11.4 Å². The van der Waals surface area contributed by atoms with E-state index in [1.807, 2.05) is 24.3 Å². The molecule has 0 spiro atoms. The molecule has 1 saturated heterocycles. The first-order valence-corrected chi connectivity index (χ1v) is 8.76. The Morgan fingerprint density at radius 1 is 1.11 bits per heavy atom.